The van der Waals surface area contributed by atoms with Gasteiger partial charge in [0, 0.05) is 16.0 Å². The third-order valence-corrected chi connectivity index (χ3v) is 4.50. The zero-order chi connectivity index (χ0) is 13.0. The highest BCUT2D eigenvalue weighted by Gasteiger charge is 2.17. The Morgan fingerprint density at radius 3 is 2.72 bits per heavy atom. The van der Waals surface area contributed by atoms with Crippen molar-refractivity contribution in [3.05, 3.63) is 38.8 Å². The Bertz CT molecular complexity index is 436. The lowest BCUT2D eigenvalue weighted by atomic mass is 9.83. The smallest absolute Gasteiger partial charge is 0.0479 e. The van der Waals surface area contributed by atoms with Crippen molar-refractivity contribution in [3.63, 3.8) is 0 Å². The number of benzene rings is 1. The Labute approximate surface area is 123 Å². The molecule has 0 heterocycles. The molecule has 1 aromatic carbocycles. The van der Waals surface area contributed by atoms with Crippen LogP contribution in [0.15, 0.2) is 28.2 Å². The molecule has 1 aliphatic rings. The molecule has 0 saturated heterocycles. The second-order valence-electron chi connectivity index (χ2n) is 4.92. The summed E-state index contributed by atoms with van der Waals surface area (Å²) in [4.78, 5) is 0. The molecule has 0 unspecified atom stereocenters. The molecular formula is C15H19BrClN. The summed E-state index contributed by atoms with van der Waals surface area (Å²) >= 11 is 9.71. The minimum absolute atomic E-state index is 0.632. The first-order valence-electron chi connectivity index (χ1n) is 6.56. The highest BCUT2D eigenvalue weighted by Crippen LogP contribution is 2.32. The van der Waals surface area contributed by atoms with Crippen LogP contribution in [0.4, 0.5) is 0 Å². The van der Waals surface area contributed by atoms with Crippen molar-refractivity contribution in [3.8, 4) is 0 Å². The first kappa shape index (κ1) is 14.1. The topological polar surface area (TPSA) is 26.0 Å². The van der Waals surface area contributed by atoms with Gasteiger partial charge in [0.25, 0.3) is 0 Å². The van der Waals surface area contributed by atoms with E-state index in [0.717, 1.165) is 15.1 Å². The maximum atomic E-state index is 6.23. The predicted molar refractivity (Wildman–Crippen MR) is 82.8 cm³/mol. The average Bonchev–Trinajstić information content (AvgIpc) is 2.41. The second kappa shape index (κ2) is 6.74. The van der Waals surface area contributed by atoms with Crippen molar-refractivity contribution in [2.45, 2.75) is 32.1 Å². The number of hydrogen-bond acceptors (Lipinski definition) is 1. The van der Waals surface area contributed by atoms with E-state index < -0.39 is 0 Å². The molecule has 3 heteroatoms. The number of hydrogen-bond donors (Lipinski definition) is 1. The minimum atomic E-state index is 0.632. The van der Waals surface area contributed by atoms with Crippen LogP contribution in [-0.4, -0.2) is 6.54 Å². The fraction of sp³-hybridized carbons (Fsp3) is 0.467. The lowest BCUT2D eigenvalue weighted by Gasteiger charge is -2.24. The van der Waals surface area contributed by atoms with Gasteiger partial charge in [-0.2, -0.15) is 0 Å². The summed E-state index contributed by atoms with van der Waals surface area (Å²) in [5, 5.41) is 0.792. The summed E-state index contributed by atoms with van der Waals surface area (Å²) in [5.41, 5.74) is 8.33. The van der Waals surface area contributed by atoms with E-state index in [1.54, 1.807) is 0 Å². The summed E-state index contributed by atoms with van der Waals surface area (Å²) < 4.78 is 1.05. The monoisotopic (exact) mass is 327 g/mol. The number of nitrogens with two attached hydrogens (primary N) is 1. The Morgan fingerprint density at radius 2 is 2.06 bits per heavy atom. The third kappa shape index (κ3) is 3.59. The molecule has 0 bridgehead atoms. The van der Waals surface area contributed by atoms with Crippen molar-refractivity contribution < 1.29 is 0 Å². The first-order valence-corrected chi connectivity index (χ1v) is 7.73. The molecule has 1 saturated carbocycles. The first-order chi connectivity index (χ1) is 8.70. The van der Waals surface area contributed by atoms with E-state index in [0.29, 0.717) is 12.5 Å². The second-order valence-corrected chi connectivity index (χ2v) is 6.25. The van der Waals surface area contributed by atoms with E-state index in [-0.39, 0.29) is 0 Å². The molecule has 98 valence electrons. The molecular weight excluding hydrogens is 310 g/mol. The van der Waals surface area contributed by atoms with Crippen molar-refractivity contribution in [1.82, 2.24) is 0 Å². The van der Waals surface area contributed by atoms with E-state index in [9.17, 15) is 0 Å². The lowest BCUT2D eigenvalue weighted by Crippen LogP contribution is -2.16. The minimum Gasteiger partial charge on any atom is -0.327 e. The van der Waals surface area contributed by atoms with Crippen LogP contribution in [0.25, 0.3) is 6.08 Å². The highest BCUT2D eigenvalue weighted by molar-refractivity contribution is 9.10. The molecule has 0 aliphatic heterocycles. The zero-order valence-corrected chi connectivity index (χ0v) is 12.8. The van der Waals surface area contributed by atoms with Gasteiger partial charge in [0.2, 0.25) is 0 Å². The van der Waals surface area contributed by atoms with E-state index in [1.165, 1.54) is 37.7 Å². The number of halogens is 2. The van der Waals surface area contributed by atoms with Gasteiger partial charge in [-0.3, -0.25) is 0 Å². The molecule has 1 nitrogen and oxygen atoms in total. The summed E-state index contributed by atoms with van der Waals surface area (Å²) in [6.07, 6.45) is 8.75. The summed E-state index contributed by atoms with van der Waals surface area (Å²) in [6, 6.07) is 5.94. The molecule has 2 N–H and O–H groups in total. The Hall–Kier alpha value is -0.310. The standard InChI is InChI=1S/C15H19BrClN/c16-14-6-7-15(17)12(9-14)8-13(10-18)11-4-2-1-3-5-11/h6-9,11H,1-5,10,18H2/b13-8-. The molecule has 2 rings (SSSR count). The molecule has 1 fully saturated rings. The fourth-order valence-electron chi connectivity index (χ4n) is 2.64. The van der Waals surface area contributed by atoms with Gasteiger partial charge < -0.3 is 5.73 Å². The van der Waals surface area contributed by atoms with Gasteiger partial charge in [0.05, 0.1) is 0 Å². The molecule has 18 heavy (non-hydrogen) atoms. The van der Waals surface area contributed by atoms with Crippen molar-refractivity contribution in [2.24, 2.45) is 11.7 Å². The lowest BCUT2D eigenvalue weighted by molar-refractivity contribution is 0.401. The number of rotatable bonds is 3. The van der Waals surface area contributed by atoms with Gasteiger partial charge in [-0.05, 0) is 42.5 Å². The zero-order valence-electron chi connectivity index (χ0n) is 10.5. The quantitative estimate of drug-likeness (QED) is 0.828. The van der Waals surface area contributed by atoms with Gasteiger partial charge in [-0.1, -0.05) is 58.4 Å². The normalized spacial score (nSPS) is 18.1. The van der Waals surface area contributed by atoms with Crippen LogP contribution in [0.1, 0.15) is 37.7 Å². The van der Waals surface area contributed by atoms with Gasteiger partial charge in [0.15, 0.2) is 0 Å². The summed E-state index contributed by atoms with van der Waals surface area (Å²) in [5.74, 6) is 0.652. The van der Waals surface area contributed by atoms with Crippen molar-refractivity contribution >= 4 is 33.6 Å². The van der Waals surface area contributed by atoms with E-state index in [4.69, 9.17) is 17.3 Å². The molecule has 0 amide bonds. The average molecular weight is 329 g/mol. The van der Waals surface area contributed by atoms with E-state index in [2.05, 4.69) is 28.1 Å². The molecule has 0 radical (unpaired) electrons. The fourth-order valence-corrected chi connectivity index (χ4v) is 3.19. The van der Waals surface area contributed by atoms with Crippen LogP contribution in [0.2, 0.25) is 5.02 Å². The molecule has 1 aromatic rings. The van der Waals surface area contributed by atoms with Gasteiger partial charge >= 0.3 is 0 Å². The van der Waals surface area contributed by atoms with Crippen LogP contribution in [0, 0.1) is 5.92 Å². The SMILES string of the molecule is NC/C(=C/c1cc(Br)ccc1Cl)C1CCCCC1. The van der Waals surface area contributed by atoms with Crippen molar-refractivity contribution in [2.75, 3.05) is 6.54 Å². The van der Waals surface area contributed by atoms with Crippen LogP contribution in [-0.2, 0) is 0 Å². The molecule has 0 aromatic heterocycles. The third-order valence-electron chi connectivity index (χ3n) is 3.66. The maximum Gasteiger partial charge on any atom is 0.0479 e. The molecule has 1 aliphatic carbocycles. The molecule has 0 atom stereocenters. The highest BCUT2D eigenvalue weighted by atomic mass is 79.9. The Morgan fingerprint density at radius 1 is 1.33 bits per heavy atom. The van der Waals surface area contributed by atoms with Gasteiger partial charge in [0.1, 0.15) is 0 Å². The van der Waals surface area contributed by atoms with E-state index >= 15 is 0 Å². The molecule has 0 spiro atoms. The van der Waals surface area contributed by atoms with Crippen LogP contribution in [0.5, 0.6) is 0 Å². The van der Waals surface area contributed by atoms with Crippen LogP contribution < -0.4 is 5.73 Å². The van der Waals surface area contributed by atoms with Crippen LogP contribution in [0.3, 0.4) is 0 Å². The Balaban J connectivity index is 2.24. The van der Waals surface area contributed by atoms with Gasteiger partial charge in [-0.25, -0.2) is 0 Å². The summed E-state index contributed by atoms with van der Waals surface area (Å²) in [6.45, 7) is 0.632. The van der Waals surface area contributed by atoms with Crippen LogP contribution >= 0.6 is 27.5 Å². The summed E-state index contributed by atoms with van der Waals surface area (Å²) in [7, 11) is 0. The van der Waals surface area contributed by atoms with Crippen molar-refractivity contribution in [1.29, 1.82) is 0 Å². The largest absolute Gasteiger partial charge is 0.327 e. The van der Waals surface area contributed by atoms with E-state index in [1.807, 2.05) is 12.1 Å². The van der Waals surface area contributed by atoms with Gasteiger partial charge in [-0.15, -0.1) is 0 Å². The predicted octanol–water partition coefficient (Wildman–Crippen LogP) is 5.02. The Kier molecular flexibility index (Phi) is 5.28. The maximum absolute atomic E-state index is 6.23.